The molecule has 0 radical (unpaired) electrons. The van der Waals surface area contributed by atoms with Gasteiger partial charge in [-0.2, -0.15) is 0 Å². The maximum absolute atomic E-state index is 13.9. The molecule has 3 aromatic rings. The van der Waals surface area contributed by atoms with Gasteiger partial charge in [0, 0.05) is 31.5 Å². The molecule has 0 spiro atoms. The Bertz CT molecular complexity index is 1020. The van der Waals surface area contributed by atoms with Crippen molar-refractivity contribution in [2.24, 2.45) is 4.99 Å². The van der Waals surface area contributed by atoms with Gasteiger partial charge in [-0.1, -0.05) is 30.3 Å². The molecule has 2 heterocycles. The molecule has 1 aliphatic rings. The third-order valence-corrected chi connectivity index (χ3v) is 4.92. The van der Waals surface area contributed by atoms with Crippen molar-refractivity contribution in [1.82, 2.24) is 19.8 Å². The van der Waals surface area contributed by atoms with Gasteiger partial charge in [-0.3, -0.25) is 10.3 Å². The summed E-state index contributed by atoms with van der Waals surface area (Å²) in [7, 11) is 0. The highest BCUT2D eigenvalue weighted by Gasteiger charge is 2.37. The number of aromatic nitrogens is 2. The Balaban J connectivity index is 1.59. The van der Waals surface area contributed by atoms with Crippen LogP contribution in [0.4, 0.5) is 13.6 Å². The van der Waals surface area contributed by atoms with Crippen molar-refractivity contribution in [3.8, 4) is 0 Å². The fourth-order valence-electron chi connectivity index (χ4n) is 3.54. The molecule has 154 valence electrons. The zero-order valence-electron chi connectivity index (χ0n) is 16.2. The summed E-state index contributed by atoms with van der Waals surface area (Å²) in [5.41, 5.74) is 1.32. The van der Waals surface area contributed by atoms with Gasteiger partial charge in [-0.15, -0.1) is 0 Å². The van der Waals surface area contributed by atoms with E-state index >= 15 is 0 Å². The van der Waals surface area contributed by atoms with E-state index in [1.54, 1.807) is 17.4 Å². The number of hydrogen-bond donors (Lipinski definition) is 1. The first-order valence-electron chi connectivity index (χ1n) is 9.68. The zero-order chi connectivity index (χ0) is 20.9. The van der Waals surface area contributed by atoms with E-state index in [1.165, 1.54) is 12.1 Å². The topological polar surface area (TPSA) is 62.5 Å². The molecular weight excluding hydrogens is 388 g/mol. The third-order valence-electron chi connectivity index (χ3n) is 4.92. The summed E-state index contributed by atoms with van der Waals surface area (Å²) in [5.74, 6) is -0.994. The van der Waals surface area contributed by atoms with Crippen molar-refractivity contribution in [3.05, 3.63) is 90.0 Å². The van der Waals surface area contributed by atoms with Crippen molar-refractivity contribution in [2.75, 3.05) is 6.54 Å². The number of carbonyl (C=O) groups is 1. The first-order valence-corrected chi connectivity index (χ1v) is 9.68. The fourth-order valence-corrected chi connectivity index (χ4v) is 3.54. The Hall–Kier alpha value is -3.55. The number of benzene rings is 2. The summed E-state index contributed by atoms with van der Waals surface area (Å²) in [4.78, 5) is 22.8. The standard InChI is InChI=1S/C22H21F2N5O/c23-18-11-17(12-19(24)13-18)20-21(26-14-16-5-2-1-3-6-16)27-22(30)29(20)9-4-8-28-10-7-25-15-28/h1-3,5-7,10-13,15,20H,4,8-9,14H2,(H,26,27,30). The molecule has 2 aromatic carbocycles. The molecule has 2 amide bonds. The minimum absolute atomic E-state index is 0.331. The molecule has 6 nitrogen and oxygen atoms in total. The number of nitrogens with zero attached hydrogens (tertiary/aromatic N) is 4. The van der Waals surface area contributed by atoms with Gasteiger partial charge in [0.05, 0.1) is 12.9 Å². The maximum atomic E-state index is 13.9. The largest absolute Gasteiger partial charge is 0.337 e. The van der Waals surface area contributed by atoms with Crippen molar-refractivity contribution in [2.45, 2.75) is 25.6 Å². The number of imidazole rings is 1. The highest BCUT2D eigenvalue weighted by molar-refractivity contribution is 6.07. The second-order valence-electron chi connectivity index (χ2n) is 7.07. The Morgan fingerprint density at radius 1 is 1.07 bits per heavy atom. The average molecular weight is 409 g/mol. The second kappa shape index (κ2) is 8.86. The molecule has 1 aromatic heterocycles. The van der Waals surface area contributed by atoms with E-state index in [0.717, 1.165) is 11.6 Å². The summed E-state index contributed by atoms with van der Waals surface area (Å²) >= 11 is 0. The molecule has 1 unspecified atom stereocenters. The van der Waals surface area contributed by atoms with Crippen LogP contribution in [0.3, 0.4) is 0 Å². The van der Waals surface area contributed by atoms with Crippen LogP contribution >= 0.6 is 0 Å². The van der Waals surface area contributed by atoms with Crippen LogP contribution in [0.1, 0.15) is 23.6 Å². The molecule has 1 atom stereocenters. The van der Waals surface area contributed by atoms with Gasteiger partial charge in [0.1, 0.15) is 23.5 Å². The van der Waals surface area contributed by atoms with Crippen LogP contribution in [0.2, 0.25) is 0 Å². The van der Waals surface area contributed by atoms with Gasteiger partial charge < -0.3 is 9.47 Å². The number of aliphatic imine (C=N–C) groups is 1. The number of nitrogens with one attached hydrogen (secondary N) is 1. The predicted octanol–water partition coefficient (Wildman–Crippen LogP) is 3.92. The number of carbonyl (C=O) groups excluding carboxylic acids is 1. The first kappa shape index (κ1) is 19.8. The lowest BCUT2D eigenvalue weighted by molar-refractivity contribution is 0.204. The minimum atomic E-state index is -0.690. The molecular formula is C22H21F2N5O. The molecule has 1 aliphatic heterocycles. The summed E-state index contributed by atoms with van der Waals surface area (Å²) in [6.07, 6.45) is 5.89. The predicted molar refractivity (Wildman–Crippen MR) is 109 cm³/mol. The fraction of sp³-hybridized carbons (Fsp3) is 0.227. The second-order valence-corrected chi connectivity index (χ2v) is 7.07. The monoisotopic (exact) mass is 409 g/mol. The van der Waals surface area contributed by atoms with Crippen molar-refractivity contribution in [3.63, 3.8) is 0 Å². The molecule has 0 saturated carbocycles. The summed E-state index contributed by atoms with van der Waals surface area (Å²) in [5, 5.41) is 2.78. The molecule has 8 heteroatoms. The number of halogens is 2. The van der Waals surface area contributed by atoms with Crippen LogP contribution in [-0.4, -0.2) is 32.9 Å². The number of amides is 2. The number of rotatable bonds is 7. The Morgan fingerprint density at radius 2 is 1.83 bits per heavy atom. The van der Waals surface area contributed by atoms with Crippen molar-refractivity contribution < 1.29 is 13.6 Å². The molecule has 1 fully saturated rings. The first-order chi connectivity index (χ1) is 14.6. The van der Waals surface area contributed by atoms with Gasteiger partial charge in [0.2, 0.25) is 0 Å². The van der Waals surface area contributed by atoms with Gasteiger partial charge in [0.15, 0.2) is 0 Å². The number of hydrogen-bond acceptors (Lipinski definition) is 3. The van der Waals surface area contributed by atoms with Crippen LogP contribution in [0.15, 0.2) is 72.2 Å². The molecule has 0 aliphatic carbocycles. The van der Waals surface area contributed by atoms with E-state index in [0.29, 0.717) is 37.5 Å². The third kappa shape index (κ3) is 4.53. The van der Waals surface area contributed by atoms with Crippen molar-refractivity contribution >= 4 is 11.9 Å². The van der Waals surface area contributed by atoms with E-state index in [-0.39, 0.29) is 6.03 Å². The van der Waals surface area contributed by atoms with Crippen LogP contribution in [0.25, 0.3) is 0 Å². The Labute approximate surface area is 172 Å². The van der Waals surface area contributed by atoms with Gasteiger partial charge in [0.25, 0.3) is 0 Å². The lowest BCUT2D eigenvalue weighted by atomic mass is 10.0. The number of urea groups is 1. The van der Waals surface area contributed by atoms with Gasteiger partial charge in [-0.25, -0.2) is 18.6 Å². The highest BCUT2D eigenvalue weighted by Crippen LogP contribution is 2.28. The zero-order valence-corrected chi connectivity index (χ0v) is 16.2. The van der Waals surface area contributed by atoms with Crippen LogP contribution in [0.5, 0.6) is 0 Å². The number of amidine groups is 1. The van der Waals surface area contributed by atoms with Gasteiger partial charge in [-0.05, 0) is 29.7 Å². The van der Waals surface area contributed by atoms with Crippen LogP contribution in [-0.2, 0) is 13.1 Å². The summed E-state index contributed by atoms with van der Waals surface area (Å²) in [6.45, 7) is 1.43. The molecule has 1 N–H and O–H groups in total. The SMILES string of the molecule is O=C1N/C(=N\Cc2ccccc2)C(c2cc(F)cc(F)c2)N1CCCn1ccnc1. The molecule has 30 heavy (non-hydrogen) atoms. The molecule has 0 bridgehead atoms. The molecule has 1 saturated heterocycles. The maximum Gasteiger partial charge on any atom is 0.323 e. The van der Waals surface area contributed by atoms with Crippen molar-refractivity contribution in [1.29, 1.82) is 0 Å². The Morgan fingerprint density at radius 3 is 2.53 bits per heavy atom. The van der Waals surface area contributed by atoms with Gasteiger partial charge >= 0.3 is 6.03 Å². The average Bonchev–Trinajstić information content (AvgIpc) is 3.34. The van der Waals surface area contributed by atoms with E-state index < -0.39 is 17.7 Å². The quantitative estimate of drug-likeness (QED) is 0.643. The van der Waals surface area contributed by atoms with Crippen LogP contribution in [0, 0.1) is 11.6 Å². The van der Waals surface area contributed by atoms with E-state index in [1.807, 2.05) is 41.1 Å². The van der Waals surface area contributed by atoms with E-state index in [2.05, 4.69) is 15.3 Å². The van der Waals surface area contributed by atoms with E-state index in [9.17, 15) is 13.6 Å². The minimum Gasteiger partial charge on any atom is -0.337 e. The molecule has 4 rings (SSSR count). The summed E-state index contributed by atoms with van der Waals surface area (Å²) < 4.78 is 29.7. The normalized spacial score (nSPS) is 17.5. The smallest absolute Gasteiger partial charge is 0.323 e. The highest BCUT2D eigenvalue weighted by atomic mass is 19.1. The van der Waals surface area contributed by atoms with Crippen LogP contribution < -0.4 is 5.32 Å². The lowest BCUT2D eigenvalue weighted by Crippen LogP contribution is -2.31. The summed E-state index contributed by atoms with van der Waals surface area (Å²) in [6, 6.07) is 11.9. The number of aryl methyl sites for hydroxylation is 1. The Kier molecular flexibility index (Phi) is 5.83. The lowest BCUT2D eigenvalue weighted by Gasteiger charge is -2.23. The van der Waals surface area contributed by atoms with E-state index in [4.69, 9.17) is 0 Å².